The van der Waals surface area contributed by atoms with Crippen molar-refractivity contribution >= 4 is 5.69 Å². The molecule has 0 saturated heterocycles. The highest BCUT2D eigenvalue weighted by Crippen LogP contribution is 2.39. The Hall–Kier alpha value is -1.09. The molecule has 0 spiro atoms. The summed E-state index contributed by atoms with van der Waals surface area (Å²) in [5, 5.41) is 0. The molecule has 0 amide bonds. The van der Waals surface area contributed by atoms with Crippen molar-refractivity contribution in [3.8, 4) is 0 Å². The SMILES string of the molecule is CN(CCN)c1ccnc(C2CC2)c1. The fourth-order valence-electron chi connectivity index (χ4n) is 1.60. The van der Waals surface area contributed by atoms with Gasteiger partial charge in [-0.1, -0.05) is 0 Å². The van der Waals surface area contributed by atoms with Crippen molar-refractivity contribution in [2.75, 3.05) is 25.0 Å². The van der Waals surface area contributed by atoms with E-state index in [2.05, 4.69) is 23.0 Å². The second-order valence-electron chi connectivity index (χ2n) is 3.92. The van der Waals surface area contributed by atoms with Gasteiger partial charge in [0.2, 0.25) is 0 Å². The van der Waals surface area contributed by atoms with Gasteiger partial charge in [-0.2, -0.15) is 0 Å². The third kappa shape index (κ3) is 2.04. The average molecular weight is 191 g/mol. The van der Waals surface area contributed by atoms with Gasteiger partial charge in [-0.3, -0.25) is 4.98 Å². The molecule has 1 aromatic heterocycles. The number of nitrogens with two attached hydrogens (primary N) is 1. The molecule has 0 atom stereocenters. The zero-order valence-corrected chi connectivity index (χ0v) is 8.61. The first kappa shape index (κ1) is 9.46. The summed E-state index contributed by atoms with van der Waals surface area (Å²) < 4.78 is 0. The minimum absolute atomic E-state index is 0.692. The average Bonchev–Trinajstić information content (AvgIpc) is 3.02. The second-order valence-corrected chi connectivity index (χ2v) is 3.92. The molecule has 0 unspecified atom stereocenters. The molecular weight excluding hydrogens is 174 g/mol. The van der Waals surface area contributed by atoms with E-state index >= 15 is 0 Å². The molecule has 1 aromatic rings. The zero-order chi connectivity index (χ0) is 9.97. The van der Waals surface area contributed by atoms with Crippen LogP contribution in [-0.4, -0.2) is 25.1 Å². The molecule has 1 saturated carbocycles. The smallest absolute Gasteiger partial charge is 0.0455 e. The quantitative estimate of drug-likeness (QED) is 0.781. The Labute approximate surface area is 84.9 Å². The zero-order valence-electron chi connectivity index (χ0n) is 8.61. The summed E-state index contributed by atoms with van der Waals surface area (Å²) in [7, 11) is 2.07. The summed E-state index contributed by atoms with van der Waals surface area (Å²) in [5.74, 6) is 0.723. The molecule has 2 rings (SSSR count). The molecule has 0 aliphatic heterocycles. The van der Waals surface area contributed by atoms with E-state index in [0.717, 1.165) is 12.5 Å². The van der Waals surface area contributed by atoms with Gasteiger partial charge in [-0.05, 0) is 25.0 Å². The molecule has 0 bridgehead atoms. The number of rotatable bonds is 4. The van der Waals surface area contributed by atoms with Gasteiger partial charge in [0.25, 0.3) is 0 Å². The van der Waals surface area contributed by atoms with Gasteiger partial charge in [0, 0.05) is 43.6 Å². The van der Waals surface area contributed by atoms with Crippen molar-refractivity contribution in [3.63, 3.8) is 0 Å². The van der Waals surface area contributed by atoms with E-state index in [-0.39, 0.29) is 0 Å². The maximum atomic E-state index is 5.52. The number of pyridine rings is 1. The maximum Gasteiger partial charge on any atom is 0.0455 e. The molecular formula is C11H17N3. The van der Waals surface area contributed by atoms with Crippen LogP contribution in [0.1, 0.15) is 24.5 Å². The van der Waals surface area contributed by atoms with E-state index in [4.69, 9.17) is 5.73 Å². The van der Waals surface area contributed by atoms with Gasteiger partial charge in [0.05, 0.1) is 0 Å². The molecule has 1 aliphatic rings. The molecule has 1 fully saturated rings. The minimum Gasteiger partial charge on any atom is -0.373 e. The first-order chi connectivity index (χ1) is 6.81. The normalized spacial score (nSPS) is 15.6. The highest BCUT2D eigenvalue weighted by atomic mass is 15.1. The molecule has 3 nitrogen and oxygen atoms in total. The van der Waals surface area contributed by atoms with E-state index in [1.807, 2.05) is 12.3 Å². The Bertz CT molecular complexity index is 307. The van der Waals surface area contributed by atoms with Crippen LogP contribution in [0.2, 0.25) is 0 Å². The number of aromatic nitrogens is 1. The third-order valence-electron chi connectivity index (χ3n) is 2.67. The fourth-order valence-corrected chi connectivity index (χ4v) is 1.60. The largest absolute Gasteiger partial charge is 0.373 e. The van der Waals surface area contributed by atoms with E-state index in [1.165, 1.54) is 24.2 Å². The van der Waals surface area contributed by atoms with Crippen molar-refractivity contribution in [1.82, 2.24) is 4.98 Å². The van der Waals surface area contributed by atoms with Crippen LogP contribution in [-0.2, 0) is 0 Å². The predicted octanol–water partition coefficient (Wildman–Crippen LogP) is 1.35. The Morgan fingerprint density at radius 1 is 1.57 bits per heavy atom. The summed E-state index contributed by atoms with van der Waals surface area (Å²) >= 11 is 0. The summed E-state index contributed by atoms with van der Waals surface area (Å²) in [6.07, 6.45) is 4.50. The molecule has 76 valence electrons. The molecule has 1 aliphatic carbocycles. The molecule has 3 heteroatoms. The van der Waals surface area contributed by atoms with Gasteiger partial charge >= 0.3 is 0 Å². The number of hydrogen-bond donors (Lipinski definition) is 1. The van der Waals surface area contributed by atoms with Crippen LogP contribution in [0.25, 0.3) is 0 Å². The van der Waals surface area contributed by atoms with Crippen LogP contribution in [0.5, 0.6) is 0 Å². The Morgan fingerprint density at radius 2 is 2.36 bits per heavy atom. The predicted molar refractivity (Wildman–Crippen MR) is 58.5 cm³/mol. The standard InChI is InChI=1S/C11H17N3/c1-14(7-5-12)10-4-6-13-11(8-10)9-2-3-9/h4,6,8-9H,2-3,5,7,12H2,1H3. The van der Waals surface area contributed by atoms with Gasteiger partial charge in [0.1, 0.15) is 0 Å². The van der Waals surface area contributed by atoms with E-state index in [1.54, 1.807) is 0 Å². The Balaban J connectivity index is 2.12. The third-order valence-corrected chi connectivity index (χ3v) is 2.67. The van der Waals surface area contributed by atoms with Crippen molar-refractivity contribution in [2.24, 2.45) is 5.73 Å². The van der Waals surface area contributed by atoms with E-state index in [0.29, 0.717) is 6.54 Å². The highest BCUT2D eigenvalue weighted by Gasteiger charge is 2.25. The van der Waals surface area contributed by atoms with Crippen molar-refractivity contribution in [2.45, 2.75) is 18.8 Å². The number of likely N-dealkylation sites (N-methyl/N-ethyl adjacent to an activating group) is 1. The van der Waals surface area contributed by atoms with Crippen LogP contribution >= 0.6 is 0 Å². The molecule has 2 N–H and O–H groups in total. The molecule has 0 radical (unpaired) electrons. The van der Waals surface area contributed by atoms with Gasteiger partial charge in [-0.25, -0.2) is 0 Å². The van der Waals surface area contributed by atoms with Crippen molar-refractivity contribution in [3.05, 3.63) is 24.0 Å². The monoisotopic (exact) mass is 191 g/mol. The lowest BCUT2D eigenvalue weighted by Gasteiger charge is -2.18. The summed E-state index contributed by atoms with van der Waals surface area (Å²) in [6, 6.07) is 4.23. The highest BCUT2D eigenvalue weighted by molar-refractivity contribution is 5.46. The number of anilines is 1. The van der Waals surface area contributed by atoms with Crippen LogP contribution in [0.15, 0.2) is 18.3 Å². The summed E-state index contributed by atoms with van der Waals surface area (Å²) in [5.41, 5.74) is 7.99. The lowest BCUT2D eigenvalue weighted by Crippen LogP contribution is -2.25. The second kappa shape index (κ2) is 3.96. The van der Waals surface area contributed by atoms with Crippen LogP contribution in [0.3, 0.4) is 0 Å². The lowest BCUT2D eigenvalue weighted by molar-refractivity contribution is 0.879. The first-order valence-electron chi connectivity index (χ1n) is 5.18. The Kier molecular flexibility index (Phi) is 2.68. The van der Waals surface area contributed by atoms with Gasteiger partial charge < -0.3 is 10.6 Å². The topological polar surface area (TPSA) is 42.1 Å². The lowest BCUT2D eigenvalue weighted by atomic mass is 10.2. The number of nitrogens with zero attached hydrogens (tertiary/aromatic N) is 2. The molecule has 1 heterocycles. The van der Waals surface area contributed by atoms with Crippen LogP contribution in [0.4, 0.5) is 5.69 Å². The van der Waals surface area contributed by atoms with E-state index in [9.17, 15) is 0 Å². The summed E-state index contributed by atoms with van der Waals surface area (Å²) in [6.45, 7) is 1.59. The fraction of sp³-hybridized carbons (Fsp3) is 0.545. The van der Waals surface area contributed by atoms with Gasteiger partial charge in [0.15, 0.2) is 0 Å². The van der Waals surface area contributed by atoms with Crippen molar-refractivity contribution in [1.29, 1.82) is 0 Å². The molecule has 0 aromatic carbocycles. The van der Waals surface area contributed by atoms with E-state index < -0.39 is 0 Å². The summed E-state index contributed by atoms with van der Waals surface area (Å²) in [4.78, 5) is 6.56. The van der Waals surface area contributed by atoms with Crippen molar-refractivity contribution < 1.29 is 0 Å². The Morgan fingerprint density at radius 3 is 3.00 bits per heavy atom. The first-order valence-corrected chi connectivity index (χ1v) is 5.18. The maximum absolute atomic E-state index is 5.52. The van der Waals surface area contributed by atoms with Crippen LogP contribution < -0.4 is 10.6 Å². The molecule has 14 heavy (non-hydrogen) atoms. The minimum atomic E-state index is 0.692. The van der Waals surface area contributed by atoms with Gasteiger partial charge in [-0.15, -0.1) is 0 Å². The number of hydrogen-bond acceptors (Lipinski definition) is 3. The van der Waals surface area contributed by atoms with Crippen LogP contribution in [0, 0.1) is 0 Å².